The van der Waals surface area contributed by atoms with Crippen molar-refractivity contribution < 1.29 is 9.59 Å². The first-order chi connectivity index (χ1) is 13.7. The molecule has 1 aliphatic rings. The maximum atomic E-state index is 12.4. The second kappa shape index (κ2) is 9.52. The molecule has 0 heterocycles. The molecule has 0 atom stereocenters. The second-order valence-corrected chi connectivity index (χ2v) is 6.80. The number of allylic oxidation sites excluding steroid dienone is 1. The van der Waals surface area contributed by atoms with Gasteiger partial charge >= 0.3 is 0 Å². The quantitative estimate of drug-likeness (QED) is 0.735. The van der Waals surface area contributed by atoms with Gasteiger partial charge in [-0.25, -0.2) is 0 Å². The summed E-state index contributed by atoms with van der Waals surface area (Å²) in [4.78, 5) is 24.7. The van der Waals surface area contributed by atoms with E-state index in [4.69, 9.17) is 5.26 Å². The number of carbonyl (C=O) groups excluding carboxylic acids is 2. The van der Waals surface area contributed by atoms with Crippen molar-refractivity contribution in [3.8, 4) is 6.07 Å². The molecule has 0 saturated heterocycles. The lowest BCUT2D eigenvalue weighted by molar-refractivity contribution is 0.0952. The van der Waals surface area contributed by atoms with E-state index in [2.05, 4.69) is 16.7 Å². The van der Waals surface area contributed by atoms with Gasteiger partial charge < -0.3 is 10.6 Å². The number of amides is 2. The van der Waals surface area contributed by atoms with Crippen molar-refractivity contribution in [3.63, 3.8) is 0 Å². The third kappa shape index (κ3) is 5.08. The van der Waals surface area contributed by atoms with E-state index in [1.54, 1.807) is 48.5 Å². The molecule has 0 spiro atoms. The smallest absolute Gasteiger partial charge is 0.255 e. The molecule has 142 valence electrons. The Hall–Kier alpha value is -3.39. The molecule has 0 radical (unpaired) electrons. The number of hydrogen-bond acceptors (Lipinski definition) is 3. The van der Waals surface area contributed by atoms with Gasteiger partial charge in [-0.2, -0.15) is 5.26 Å². The van der Waals surface area contributed by atoms with Gasteiger partial charge in [-0.15, -0.1) is 0 Å². The van der Waals surface area contributed by atoms with Crippen LogP contribution in [0, 0.1) is 11.3 Å². The van der Waals surface area contributed by atoms with Crippen LogP contribution in [0.15, 0.2) is 60.2 Å². The number of nitrogens with zero attached hydrogens (tertiary/aromatic N) is 1. The predicted molar refractivity (Wildman–Crippen MR) is 109 cm³/mol. The van der Waals surface area contributed by atoms with Crippen LogP contribution in [0.5, 0.6) is 0 Å². The van der Waals surface area contributed by atoms with E-state index in [1.807, 2.05) is 6.07 Å². The summed E-state index contributed by atoms with van der Waals surface area (Å²) in [5, 5.41) is 14.8. The van der Waals surface area contributed by atoms with Crippen molar-refractivity contribution in [3.05, 3.63) is 76.9 Å². The Bertz CT molecular complexity index is 924. The van der Waals surface area contributed by atoms with Gasteiger partial charge in [0, 0.05) is 17.7 Å². The van der Waals surface area contributed by atoms with E-state index in [-0.39, 0.29) is 11.8 Å². The van der Waals surface area contributed by atoms with E-state index in [9.17, 15) is 9.59 Å². The van der Waals surface area contributed by atoms with Crippen LogP contribution in [0.2, 0.25) is 0 Å². The van der Waals surface area contributed by atoms with Crippen LogP contribution in [-0.4, -0.2) is 18.4 Å². The Labute approximate surface area is 165 Å². The van der Waals surface area contributed by atoms with Crippen LogP contribution in [0.1, 0.15) is 58.4 Å². The van der Waals surface area contributed by atoms with Gasteiger partial charge in [0.1, 0.15) is 6.07 Å². The predicted octanol–water partition coefficient (Wildman–Crippen LogP) is 4.43. The van der Waals surface area contributed by atoms with E-state index >= 15 is 0 Å². The number of carbonyl (C=O) groups is 2. The molecule has 0 bridgehead atoms. The average molecular weight is 373 g/mol. The molecule has 28 heavy (non-hydrogen) atoms. The van der Waals surface area contributed by atoms with Crippen LogP contribution in [0.4, 0.5) is 5.69 Å². The molecular weight excluding hydrogens is 350 g/mol. The highest BCUT2D eigenvalue weighted by atomic mass is 16.2. The molecular formula is C23H23N3O2. The molecule has 0 fully saturated rings. The summed E-state index contributed by atoms with van der Waals surface area (Å²) in [6, 6.07) is 15.4. The number of rotatable bonds is 6. The third-order valence-electron chi connectivity index (χ3n) is 4.82. The van der Waals surface area contributed by atoms with Crippen LogP contribution in [-0.2, 0) is 0 Å². The highest BCUT2D eigenvalue weighted by Crippen LogP contribution is 2.19. The van der Waals surface area contributed by atoms with Gasteiger partial charge in [-0.05, 0) is 68.5 Å². The maximum absolute atomic E-state index is 12.4. The van der Waals surface area contributed by atoms with Gasteiger partial charge in [0.25, 0.3) is 11.8 Å². The minimum atomic E-state index is -0.320. The molecule has 2 amide bonds. The number of hydrogen-bond donors (Lipinski definition) is 2. The van der Waals surface area contributed by atoms with Crippen molar-refractivity contribution in [2.75, 3.05) is 11.9 Å². The van der Waals surface area contributed by atoms with Crippen molar-refractivity contribution in [1.82, 2.24) is 5.32 Å². The first-order valence-electron chi connectivity index (χ1n) is 9.54. The Morgan fingerprint density at radius 3 is 2.36 bits per heavy atom. The zero-order valence-electron chi connectivity index (χ0n) is 15.7. The van der Waals surface area contributed by atoms with Crippen molar-refractivity contribution in [1.29, 1.82) is 5.26 Å². The zero-order valence-corrected chi connectivity index (χ0v) is 15.7. The SMILES string of the molecule is N#Cc1ccccc1NC(=O)c1ccc(C(=O)NCCC2=CCCCC2)cc1. The minimum absolute atomic E-state index is 0.141. The number of nitriles is 1. The van der Waals surface area contributed by atoms with Crippen LogP contribution < -0.4 is 10.6 Å². The van der Waals surface area contributed by atoms with Crippen molar-refractivity contribution in [2.45, 2.75) is 32.1 Å². The van der Waals surface area contributed by atoms with Gasteiger partial charge in [-0.1, -0.05) is 23.8 Å². The first kappa shape index (κ1) is 19.4. The fourth-order valence-corrected chi connectivity index (χ4v) is 3.23. The molecule has 0 aliphatic heterocycles. The summed E-state index contributed by atoms with van der Waals surface area (Å²) >= 11 is 0. The number of nitrogens with one attached hydrogen (secondary N) is 2. The number of anilines is 1. The zero-order chi connectivity index (χ0) is 19.8. The Morgan fingerprint density at radius 1 is 0.964 bits per heavy atom. The van der Waals surface area contributed by atoms with Gasteiger partial charge in [0.05, 0.1) is 11.3 Å². The highest BCUT2D eigenvalue weighted by molar-refractivity contribution is 6.05. The third-order valence-corrected chi connectivity index (χ3v) is 4.82. The summed E-state index contributed by atoms with van der Waals surface area (Å²) in [5.74, 6) is -0.461. The number of benzene rings is 2. The summed E-state index contributed by atoms with van der Waals surface area (Å²) in [7, 11) is 0. The van der Waals surface area contributed by atoms with E-state index in [0.717, 1.165) is 19.3 Å². The van der Waals surface area contributed by atoms with Crippen molar-refractivity contribution >= 4 is 17.5 Å². The van der Waals surface area contributed by atoms with Crippen LogP contribution in [0.3, 0.4) is 0 Å². The fraction of sp³-hybridized carbons (Fsp3) is 0.261. The summed E-state index contributed by atoms with van der Waals surface area (Å²) in [5.41, 5.74) is 3.24. The Balaban J connectivity index is 1.55. The molecule has 2 aromatic rings. The lowest BCUT2D eigenvalue weighted by Crippen LogP contribution is -2.25. The fourth-order valence-electron chi connectivity index (χ4n) is 3.23. The van der Waals surface area contributed by atoms with Gasteiger partial charge in [-0.3, -0.25) is 9.59 Å². The lowest BCUT2D eigenvalue weighted by atomic mass is 9.97. The Kier molecular flexibility index (Phi) is 6.59. The molecule has 5 heteroatoms. The van der Waals surface area contributed by atoms with Gasteiger partial charge in [0.15, 0.2) is 0 Å². The summed E-state index contributed by atoms with van der Waals surface area (Å²) < 4.78 is 0. The minimum Gasteiger partial charge on any atom is -0.352 e. The standard InChI is InChI=1S/C23H23N3O2/c24-16-20-8-4-5-9-21(20)26-23(28)19-12-10-18(11-13-19)22(27)25-15-14-17-6-2-1-3-7-17/h4-6,8-13H,1-3,7,14-15H2,(H,25,27)(H,26,28). The molecule has 2 N–H and O–H groups in total. The van der Waals surface area contributed by atoms with Gasteiger partial charge in [0.2, 0.25) is 0 Å². The molecule has 2 aromatic carbocycles. The normalized spacial score (nSPS) is 13.2. The molecule has 0 unspecified atom stereocenters. The first-order valence-corrected chi connectivity index (χ1v) is 9.54. The monoisotopic (exact) mass is 373 g/mol. The summed E-state index contributed by atoms with van der Waals surface area (Å²) in [6.07, 6.45) is 7.96. The lowest BCUT2D eigenvalue weighted by Gasteiger charge is -2.13. The maximum Gasteiger partial charge on any atom is 0.255 e. The molecule has 3 rings (SSSR count). The van der Waals surface area contributed by atoms with Crippen molar-refractivity contribution in [2.24, 2.45) is 0 Å². The number of para-hydroxylation sites is 1. The molecule has 0 aromatic heterocycles. The second-order valence-electron chi connectivity index (χ2n) is 6.80. The topological polar surface area (TPSA) is 82.0 Å². The van der Waals surface area contributed by atoms with Crippen LogP contribution >= 0.6 is 0 Å². The van der Waals surface area contributed by atoms with E-state index in [1.165, 1.54) is 18.4 Å². The highest BCUT2D eigenvalue weighted by Gasteiger charge is 2.11. The van der Waals surface area contributed by atoms with Crippen LogP contribution in [0.25, 0.3) is 0 Å². The molecule has 0 saturated carbocycles. The molecule has 5 nitrogen and oxygen atoms in total. The van der Waals surface area contributed by atoms with E-state index < -0.39 is 0 Å². The molecule has 1 aliphatic carbocycles. The largest absolute Gasteiger partial charge is 0.352 e. The average Bonchev–Trinajstić information content (AvgIpc) is 2.75. The summed E-state index contributed by atoms with van der Waals surface area (Å²) in [6.45, 7) is 0.623. The Morgan fingerprint density at radius 2 is 1.68 bits per heavy atom. The van der Waals surface area contributed by atoms with E-state index in [0.29, 0.717) is 28.9 Å².